The van der Waals surface area contributed by atoms with Crippen molar-refractivity contribution in [3.8, 4) is 10.7 Å². The van der Waals surface area contributed by atoms with E-state index in [-0.39, 0.29) is 12.3 Å². The van der Waals surface area contributed by atoms with Gasteiger partial charge in [-0.2, -0.15) is 4.98 Å². The molecule has 0 aromatic carbocycles. The second-order valence-corrected chi connectivity index (χ2v) is 6.37. The van der Waals surface area contributed by atoms with E-state index in [9.17, 15) is 14.7 Å². The molecule has 0 saturated carbocycles. The summed E-state index contributed by atoms with van der Waals surface area (Å²) in [5.41, 5.74) is 0. The molecule has 0 aliphatic carbocycles. The lowest BCUT2D eigenvalue weighted by molar-refractivity contribution is -0.152. The molecule has 1 aliphatic heterocycles. The average molecular weight is 335 g/mol. The van der Waals surface area contributed by atoms with Crippen LogP contribution in [0.5, 0.6) is 0 Å². The smallest absolute Gasteiger partial charge is 0.326 e. The molecular weight excluding hydrogens is 318 g/mol. The summed E-state index contributed by atoms with van der Waals surface area (Å²) in [5, 5.41) is 15.0. The van der Waals surface area contributed by atoms with Gasteiger partial charge in [0.25, 0.3) is 0 Å². The Bertz CT molecular complexity index is 683. The number of carboxylic acid groups (broad SMARTS) is 1. The molecule has 2 aromatic rings. The van der Waals surface area contributed by atoms with Crippen LogP contribution in [-0.4, -0.2) is 44.6 Å². The van der Waals surface area contributed by atoms with Crippen molar-refractivity contribution in [2.24, 2.45) is 0 Å². The van der Waals surface area contributed by atoms with Crippen LogP contribution < -0.4 is 0 Å². The monoisotopic (exact) mass is 335 g/mol. The number of carbonyl (C=O) groups is 2. The van der Waals surface area contributed by atoms with Gasteiger partial charge in [-0.3, -0.25) is 4.79 Å². The molecule has 0 bridgehead atoms. The second-order valence-electron chi connectivity index (χ2n) is 5.43. The zero-order valence-corrected chi connectivity index (χ0v) is 13.3. The molecule has 1 saturated heterocycles. The molecule has 7 nitrogen and oxygen atoms in total. The number of carboxylic acids is 1. The van der Waals surface area contributed by atoms with E-state index in [1.54, 1.807) is 0 Å². The van der Waals surface area contributed by atoms with Gasteiger partial charge < -0.3 is 14.5 Å². The Hall–Kier alpha value is -2.22. The standard InChI is InChI=1S/C15H17N3O4S/c19-13(18-8-2-1-4-10(18)15(20)21)7-6-12-16-14(17-22-12)11-5-3-9-23-11/h3,5,9-10H,1-2,4,6-8H2,(H,20,21). The van der Waals surface area contributed by atoms with E-state index in [1.165, 1.54) is 16.2 Å². The van der Waals surface area contributed by atoms with Gasteiger partial charge >= 0.3 is 5.97 Å². The van der Waals surface area contributed by atoms with Gasteiger partial charge in [0.1, 0.15) is 6.04 Å². The molecule has 122 valence electrons. The summed E-state index contributed by atoms with van der Waals surface area (Å²) >= 11 is 1.51. The van der Waals surface area contributed by atoms with Crippen LogP contribution in [0.4, 0.5) is 0 Å². The van der Waals surface area contributed by atoms with Crippen LogP contribution >= 0.6 is 11.3 Å². The largest absolute Gasteiger partial charge is 0.480 e. The molecule has 3 heterocycles. The molecule has 1 unspecified atom stereocenters. The number of aromatic nitrogens is 2. The van der Waals surface area contributed by atoms with Gasteiger partial charge in [-0.15, -0.1) is 11.3 Å². The normalized spacial score (nSPS) is 18.1. The molecule has 2 aromatic heterocycles. The molecule has 1 atom stereocenters. The first-order chi connectivity index (χ1) is 11.1. The minimum Gasteiger partial charge on any atom is -0.480 e. The van der Waals surface area contributed by atoms with Crippen LogP contribution in [0.1, 0.15) is 31.6 Å². The molecule has 1 fully saturated rings. The van der Waals surface area contributed by atoms with Crippen LogP contribution in [-0.2, 0) is 16.0 Å². The number of thiophene rings is 1. The maximum absolute atomic E-state index is 12.3. The van der Waals surface area contributed by atoms with Crippen LogP contribution in [0, 0.1) is 0 Å². The minimum absolute atomic E-state index is 0.173. The van der Waals surface area contributed by atoms with Gasteiger partial charge in [-0.05, 0) is 30.7 Å². The van der Waals surface area contributed by atoms with Crippen molar-refractivity contribution in [3.63, 3.8) is 0 Å². The van der Waals surface area contributed by atoms with Crippen molar-refractivity contribution in [3.05, 3.63) is 23.4 Å². The summed E-state index contributed by atoms with van der Waals surface area (Å²) in [6.45, 7) is 0.500. The van der Waals surface area contributed by atoms with E-state index < -0.39 is 12.0 Å². The van der Waals surface area contributed by atoms with Crippen LogP contribution in [0.15, 0.2) is 22.0 Å². The lowest BCUT2D eigenvalue weighted by Crippen LogP contribution is -2.48. The SMILES string of the molecule is O=C(O)C1CCCCN1C(=O)CCc1nc(-c2cccs2)no1. The highest BCUT2D eigenvalue weighted by atomic mass is 32.1. The maximum atomic E-state index is 12.3. The first-order valence-electron chi connectivity index (χ1n) is 7.54. The lowest BCUT2D eigenvalue weighted by Gasteiger charge is -2.32. The first-order valence-corrected chi connectivity index (χ1v) is 8.42. The van der Waals surface area contributed by atoms with Crippen LogP contribution in [0.3, 0.4) is 0 Å². The molecule has 23 heavy (non-hydrogen) atoms. The fourth-order valence-electron chi connectivity index (χ4n) is 2.71. The summed E-state index contributed by atoms with van der Waals surface area (Å²) in [6, 6.07) is 3.10. The zero-order valence-electron chi connectivity index (χ0n) is 12.5. The highest BCUT2D eigenvalue weighted by Crippen LogP contribution is 2.22. The summed E-state index contributed by atoms with van der Waals surface area (Å²) < 4.78 is 5.16. The van der Waals surface area contributed by atoms with Crippen molar-refractivity contribution in [2.75, 3.05) is 6.54 Å². The van der Waals surface area contributed by atoms with E-state index in [0.717, 1.165) is 17.7 Å². The van der Waals surface area contributed by atoms with Gasteiger partial charge in [-0.1, -0.05) is 11.2 Å². The number of hydrogen-bond acceptors (Lipinski definition) is 6. The number of likely N-dealkylation sites (tertiary alicyclic amines) is 1. The number of amides is 1. The van der Waals surface area contributed by atoms with Crippen molar-refractivity contribution < 1.29 is 19.2 Å². The number of aryl methyl sites for hydroxylation is 1. The highest BCUT2D eigenvalue weighted by molar-refractivity contribution is 7.13. The Balaban J connectivity index is 1.59. The predicted molar refractivity (Wildman–Crippen MR) is 82.9 cm³/mol. The molecular formula is C15H17N3O4S. The molecule has 0 spiro atoms. The third-order valence-corrected chi connectivity index (χ3v) is 4.74. The van der Waals surface area contributed by atoms with Crippen molar-refractivity contribution in [1.82, 2.24) is 15.0 Å². The van der Waals surface area contributed by atoms with Gasteiger partial charge in [-0.25, -0.2) is 4.79 Å². The maximum Gasteiger partial charge on any atom is 0.326 e. The summed E-state index contributed by atoms with van der Waals surface area (Å²) in [4.78, 5) is 30.2. The number of hydrogen-bond donors (Lipinski definition) is 1. The Morgan fingerprint density at radius 2 is 2.30 bits per heavy atom. The van der Waals surface area contributed by atoms with Crippen molar-refractivity contribution in [2.45, 2.75) is 38.1 Å². The van der Waals surface area contributed by atoms with E-state index >= 15 is 0 Å². The van der Waals surface area contributed by atoms with Gasteiger partial charge in [0.2, 0.25) is 17.6 Å². The van der Waals surface area contributed by atoms with Crippen molar-refractivity contribution in [1.29, 1.82) is 0 Å². The predicted octanol–water partition coefficient (Wildman–Crippen LogP) is 2.20. The van der Waals surface area contributed by atoms with E-state index in [2.05, 4.69) is 10.1 Å². The first kappa shape index (κ1) is 15.7. The third-order valence-electron chi connectivity index (χ3n) is 3.87. The van der Waals surface area contributed by atoms with Gasteiger partial charge in [0.05, 0.1) is 4.88 Å². The van der Waals surface area contributed by atoms with Crippen LogP contribution in [0.2, 0.25) is 0 Å². The summed E-state index contributed by atoms with van der Waals surface area (Å²) in [6.07, 6.45) is 2.70. The second kappa shape index (κ2) is 6.91. The molecule has 3 rings (SSSR count). The molecule has 8 heteroatoms. The quantitative estimate of drug-likeness (QED) is 0.900. The molecule has 1 aliphatic rings. The number of piperidine rings is 1. The van der Waals surface area contributed by atoms with Gasteiger partial charge in [0, 0.05) is 19.4 Å². The Kier molecular flexibility index (Phi) is 4.71. The Labute approximate surface area is 136 Å². The number of aliphatic carboxylic acids is 1. The van der Waals surface area contributed by atoms with E-state index in [0.29, 0.717) is 31.1 Å². The average Bonchev–Trinajstić information content (AvgIpc) is 3.23. The van der Waals surface area contributed by atoms with Gasteiger partial charge in [0.15, 0.2) is 0 Å². The third kappa shape index (κ3) is 3.58. The summed E-state index contributed by atoms with van der Waals surface area (Å²) in [7, 11) is 0. The van der Waals surface area contributed by atoms with E-state index in [4.69, 9.17) is 4.52 Å². The number of carbonyl (C=O) groups excluding carboxylic acids is 1. The lowest BCUT2D eigenvalue weighted by atomic mass is 10.0. The highest BCUT2D eigenvalue weighted by Gasteiger charge is 2.31. The Morgan fingerprint density at radius 3 is 3.04 bits per heavy atom. The number of rotatable bonds is 5. The molecule has 1 N–H and O–H groups in total. The number of nitrogens with zero attached hydrogens (tertiary/aromatic N) is 3. The fraction of sp³-hybridized carbons (Fsp3) is 0.467. The zero-order chi connectivity index (χ0) is 16.2. The fourth-order valence-corrected chi connectivity index (χ4v) is 3.36. The summed E-state index contributed by atoms with van der Waals surface area (Å²) in [5.74, 6) is -0.196. The molecule has 0 radical (unpaired) electrons. The van der Waals surface area contributed by atoms with E-state index in [1.807, 2.05) is 17.5 Å². The Morgan fingerprint density at radius 1 is 1.43 bits per heavy atom. The minimum atomic E-state index is -0.934. The molecule has 1 amide bonds. The topological polar surface area (TPSA) is 96.5 Å². The van der Waals surface area contributed by atoms with Crippen molar-refractivity contribution >= 4 is 23.2 Å². The van der Waals surface area contributed by atoms with Crippen LogP contribution in [0.25, 0.3) is 10.7 Å².